The number of piperidine rings is 1. The van der Waals surface area contributed by atoms with Crippen molar-refractivity contribution in [3.8, 4) is 0 Å². The van der Waals surface area contributed by atoms with Crippen LogP contribution < -0.4 is 4.90 Å². The standard InChI is InChI=1S/C12H17N3O2/c1-8-6-13-12(14-7-8)15-5-3-4-9(2)10(15)11(16)17/h6-7,9-10H,3-5H2,1-2H3,(H,16,17). The summed E-state index contributed by atoms with van der Waals surface area (Å²) in [5, 5.41) is 9.30. The smallest absolute Gasteiger partial charge is 0.326 e. The van der Waals surface area contributed by atoms with Crippen LogP contribution in [0.4, 0.5) is 5.95 Å². The number of carbonyl (C=O) groups is 1. The number of aromatic nitrogens is 2. The molecule has 0 saturated carbocycles. The van der Waals surface area contributed by atoms with E-state index in [1.54, 1.807) is 17.3 Å². The summed E-state index contributed by atoms with van der Waals surface area (Å²) in [6, 6.07) is -0.508. The van der Waals surface area contributed by atoms with Crippen LogP contribution >= 0.6 is 0 Å². The molecule has 1 aliphatic heterocycles. The van der Waals surface area contributed by atoms with Gasteiger partial charge in [-0.2, -0.15) is 0 Å². The fourth-order valence-corrected chi connectivity index (χ4v) is 2.32. The first-order valence-corrected chi connectivity index (χ1v) is 5.87. The molecule has 2 heterocycles. The maximum atomic E-state index is 11.3. The monoisotopic (exact) mass is 235 g/mol. The maximum Gasteiger partial charge on any atom is 0.326 e. The highest BCUT2D eigenvalue weighted by molar-refractivity contribution is 5.78. The van der Waals surface area contributed by atoms with Crippen molar-refractivity contribution in [3.05, 3.63) is 18.0 Å². The van der Waals surface area contributed by atoms with E-state index in [2.05, 4.69) is 9.97 Å². The van der Waals surface area contributed by atoms with Gasteiger partial charge in [0.2, 0.25) is 5.95 Å². The molecule has 1 aromatic rings. The fourth-order valence-electron chi connectivity index (χ4n) is 2.32. The summed E-state index contributed by atoms with van der Waals surface area (Å²) in [5.41, 5.74) is 0.977. The molecule has 2 unspecified atom stereocenters. The molecule has 5 nitrogen and oxygen atoms in total. The van der Waals surface area contributed by atoms with Crippen molar-refractivity contribution in [1.29, 1.82) is 0 Å². The first kappa shape index (κ1) is 11.8. The van der Waals surface area contributed by atoms with Crippen LogP contribution in [0.15, 0.2) is 12.4 Å². The van der Waals surface area contributed by atoms with Crippen LogP contribution in [-0.2, 0) is 4.79 Å². The van der Waals surface area contributed by atoms with E-state index in [4.69, 9.17) is 0 Å². The van der Waals surface area contributed by atoms with E-state index in [0.29, 0.717) is 12.5 Å². The molecule has 1 saturated heterocycles. The average molecular weight is 235 g/mol. The molecule has 2 rings (SSSR count). The predicted octanol–water partition coefficient (Wildman–Crippen LogP) is 1.47. The van der Waals surface area contributed by atoms with Gasteiger partial charge in [-0.3, -0.25) is 0 Å². The van der Waals surface area contributed by atoms with Crippen molar-refractivity contribution >= 4 is 11.9 Å². The highest BCUT2D eigenvalue weighted by atomic mass is 16.4. The number of hydrogen-bond acceptors (Lipinski definition) is 4. The van der Waals surface area contributed by atoms with Gasteiger partial charge in [0.1, 0.15) is 6.04 Å². The van der Waals surface area contributed by atoms with Crippen LogP contribution in [0.5, 0.6) is 0 Å². The second kappa shape index (κ2) is 4.69. The van der Waals surface area contributed by atoms with E-state index in [9.17, 15) is 9.90 Å². The Bertz CT molecular complexity index is 405. The Kier molecular flexibility index (Phi) is 3.26. The summed E-state index contributed by atoms with van der Waals surface area (Å²) in [5.74, 6) is -0.137. The predicted molar refractivity (Wildman–Crippen MR) is 63.9 cm³/mol. The second-order valence-corrected chi connectivity index (χ2v) is 4.66. The van der Waals surface area contributed by atoms with Gasteiger partial charge in [0.25, 0.3) is 0 Å². The molecular weight excluding hydrogens is 218 g/mol. The SMILES string of the molecule is Cc1cnc(N2CCCC(C)C2C(=O)O)nc1. The molecule has 0 amide bonds. The third-order valence-corrected chi connectivity index (χ3v) is 3.21. The number of aryl methyl sites for hydroxylation is 1. The molecule has 5 heteroatoms. The minimum Gasteiger partial charge on any atom is -0.480 e. The van der Waals surface area contributed by atoms with E-state index in [-0.39, 0.29) is 5.92 Å². The third kappa shape index (κ3) is 2.38. The van der Waals surface area contributed by atoms with Gasteiger partial charge in [-0.15, -0.1) is 0 Å². The van der Waals surface area contributed by atoms with Crippen molar-refractivity contribution in [2.45, 2.75) is 32.7 Å². The van der Waals surface area contributed by atoms with Gasteiger partial charge in [-0.25, -0.2) is 14.8 Å². The van der Waals surface area contributed by atoms with Crippen LogP contribution in [-0.4, -0.2) is 33.6 Å². The molecular formula is C12H17N3O2. The molecule has 1 aromatic heterocycles. The fraction of sp³-hybridized carbons (Fsp3) is 0.583. The number of anilines is 1. The second-order valence-electron chi connectivity index (χ2n) is 4.66. The highest BCUT2D eigenvalue weighted by Gasteiger charge is 2.35. The number of hydrogen-bond donors (Lipinski definition) is 1. The number of aliphatic carboxylic acids is 1. The van der Waals surface area contributed by atoms with Crippen molar-refractivity contribution < 1.29 is 9.90 Å². The third-order valence-electron chi connectivity index (χ3n) is 3.21. The molecule has 0 aliphatic carbocycles. The van der Waals surface area contributed by atoms with E-state index in [1.165, 1.54) is 0 Å². The lowest BCUT2D eigenvalue weighted by molar-refractivity contribution is -0.140. The summed E-state index contributed by atoms with van der Waals surface area (Å²) in [4.78, 5) is 21.6. The Hall–Kier alpha value is -1.65. The summed E-state index contributed by atoms with van der Waals surface area (Å²) < 4.78 is 0. The Labute approximate surface area is 100 Å². The number of carboxylic acid groups (broad SMARTS) is 1. The van der Waals surface area contributed by atoms with Crippen LogP contribution in [0, 0.1) is 12.8 Å². The Balaban J connectivity index is 2.28. The summed E-state index contributed by atoms with van der Waals surface area (Å²) in [6.45, 7) is 4.60. The van der Waals surface area contributed by atoms with Gasteiger partial charge in [-0.1, -0.05) is 6.92 Å². The van der Waals surface area contributed by atoms with E-state index in [1.807, 2.05) is 13.8 Å². The number of carboxylic acids is 1. The van der Waals surface area contributed by atoms with Crippen LogP contribution in [0.2, 0.25) is 0 Å². The zero-order chi connectivity index (χ0) is 12.4. The van der Waals surface area contributed by atoms with Crippen molar-refractivity contribution in [1.82, 2.24) is 9.97 Å². The summed E-state index contributed by atoms with van der Waals surface area (Å²) in [7, 11) is 0. The zero-order valence-corrected chi connectivity index (χ0v) is 10.1. The maximum absolute atomic E-state index is 11.3. The number of rotatable bonds is 2. The molecule has 1 aliphatic rings. The molecule has 17 heavy (non-hydrogen) atoms. The Morgan fingerprint density at radius 3 is 2.71 bits per heavy atom. The molecule has 92 valence electrons. The van der Waals surface area contributed by atoms with E-state index in [0.717, 1.165) is 18.4 Å². The average Bonchev–Trinajstić information content (AvgIpc) is 2.29. The summed E-state index contributed by atoms with van der Waals surface area (Å²) >= 11 is 0. The van der Waals surface area contributed by atoms with Gasteiger partial charge >= 0.3 is 5.97 Å². The van der Waals surface area contributed by atoms with Crippen molar-refractivity contribution in [2.75, 3.05) is 11.4 Å². The minimum absolute atomic E-state index is 0.131. The first-order chi connectivity index (χ1) is 8.09. The van der Waals surface area contributed by atoms with Crippen LogP contribution in [0.3, 0.4) is 0 Å². The van der Waals surface area contributed by atoms with Gasteiger partial charge in [0, 0.05) is 18.9 Å². The van der Waals surface area contributed by atoms with Gasteiger partial charge in [0.05, 0.1) is 0 Å². The molecule has 1 fully saturated rings. The van der Waals surface area contributed by atoms with Gasteiger partial charge < -0.3 is 10.0 Å². The topological polar surface area (TPSA) is 66.3 Å². The molecule has 2 atom stereocenters. The lowest BCUT2D eigenvalue weighted by atomic mass is 9.91. The normalized spacial score (nSPS) is 24.7. The lowest BCUT2D eigenvalue weighted by Crippen LogP contribution is -2.50. The largest absolute Gasteiger partial charge is 0.480 e. The molecule has 0 bridgehead atoms. The lowest BCUT2D eigenvalue weighted by Gasteiger charge is -2.37. The molecule has 0 radical (unpaired) electrons. The quantitative estimate of drug-likeness (QED) is 0.841. The van der Waals surface area contributed by atoms with Crippen LogP contribution in [0.25, 0.3) is 0 Å². The zero-order valence-electron chi connectivity index (χ0n) is 10.1. The molecule has 0 spiro atoms. The van der Waals surface area contributed by atoms with Crippen LogP contribution in [0.1, 0.15) is 25.3 Å². The Morgan fingerprint density at radius 1 is 1.47 bits per heavy atom. The Morgan fingerprint density at radius 2 is 2.12 bits per heavy atom. The highest BCUT2D eigenvalue weighted by Crippen LogP contribution is 2.26. The summed E-state index contributed by atoms with van der Waals surface area (Å²) in [6.07, 6.45) is 5.38. The minimum atomic E-state index is -0.790. The van der Waals surface area contributed by atoms with Gasteiger partial charge in [-0.05, 0) is 31.2 Å². The molecule has 1 N–H and O–H groups in total. The molecule has 0 aromatic carbocycles. The van der Waals surface area contributed by atoms with Gasteiger partial charge in [0.15, 0.2) is 0 Å². The van der Waals surface area contributed by atoms with E-state index < -0.39 is 12.0 Å². The van der Waals surface area contributed by atoms with E-state index >= 15 is 0 Å². The first-order valence-electron chi connectivity index (χ1n) is 5.87. The van der Waals surface area contributed by atoms with Crippen molar-refractivity contribution in [3.63, 3.8) is 0 Å². The van der Waals surface area contributed by atoms with Crippen molar-refractivity contribution in [2.24, 2.45) is 5.92 Å². The number of nitrogens with zero attached hydrogens (tertiary/aromatic N) is 3.